The number of anilines is 3. The molecule has 4 rings (SSSR count). The number of carbonyl (C=O) groups is 1. The molecule has 0 radical (unpaired) electrons. The molecule has 0 atom stereocenters. The monoisotopic (exact) mass is 429 g/mol. The van der Waals surface area contributed by atoms with Gasteiger partial charge in [-0.15, -0.1) is 0 Å². The normalized spacial score (nSPS) is 10.5. The number of para-hydroxylation sites is 1. The maximum absolute atomic E-state index is 12.5. The fraction of sp³-hybridized carbons (Fsp3) is 0.0909. The van der Waals surface area contributed by atoms with Gasteiger partial charge in [-0.3, -0.25) is 4.79 Å². The Kier molecular flexibility index (Phi) is 6.12. The van der Waals surface area contributed by atoms with E-state index in [1.165, 1.54) is 16.8 Å². The number of rotatable bonds is 7. The summed E-state index contributed by atoms with van der Waals surface area (Å²) in [5, 5.41) is 7.12. The summed E-state index contributed by atoms with van der Waals surface area (Å²) < 4.78 is 6.47. The van der Waals surface area contributed by atoms with Gasteiger partial charge < -0.3 is 15.8 Å². The smallest absolute Gasteiger partial charge is 0.359 e. The maximum Gasteiger partial charge on any atom is 0.359 e. The van der Waals surface area contributed by atoms with Gasteiger partial charge in [0, 0.05) is 11.8 Å². The second kappa shape index (κ2) is 9.47. The van der Waals surface area contributed by atoms with Crippen LogP contribution in [0.4, 0.5) is 17.6 Å². The van der Waals surface area contributed by atoms with E-state index in [4.69, 9.17) is 10.5 Å². The van der Waals surface area contributed by atoms with Crippen LogP contribution in [0.5, 0.6) is 0 Å². The lowest BCUT2D eigenvalue weighted by molar-refractivity contribution is 0.0452. The van der Waals surface area contributed by atoms with E-state index >= 15 is 0 Å². The fourth-order valence-electron chi connectivity index (χ4n) is 2.84. The summed E-state index contributed by atoms with van der Waals surface area (Å²) in [4.78, 5) is 36.8. The van der Waals surface area contributed by atoms with Crippen molar-refractivity contribution in [1.82, 2.24) is 24.7 Å². The van der Waals surface area contributed by atoms with E-state index in [2.05, 4.69) is 25.4 Å². The molecule has 0 spiro atoms. The number of hydrogen-bond donors (Lipinski definition) is 2. The number of carbonyl (C=O) groups excluding carboxylic acids is 1. The van der Waals surface area contributed by atoms with Crippen LogP contribution in [0.3, 0.4) is 0 Å². The predicted molar refractivity (Wildman–Crippen MR) is 117 cm³/mol. The first-order chi connectivity index (χ1) is 15.6. The molecule has 0 unspecified atom stereocenters. The van der Waals surface area contributed by atoms with Crippen LogP contribution < -0.4 is 16.6 Å². The third kappa shape index (κ3) is 5.30. The zero-order valence-corrected chi connectivity index (χ0v) is 16.9. The van der Waals surface area contributed by atoms with Crippen molar-refractivity contribution in [2.75, 3.05) is 11.1 Å². The van der Waals surface area contributed by atoms with Gasteiger partial charge in [0.25, 0.3) is 5.56 Å². The maximum atomic E-state index is 12.5. The van der Waals surface area contributed by atoms with Gasteiger partial charge in [0.1, 0.15) is 0 Å². The van der Waals surface area contributed by atoms with Crippen molar-refractivity contribution in [2.45, 2.75) is 13.2 Å². The molecule has 0 amide bonds. The Hall–Kier alpha value is -4.60. The van der Waals surface area contributed by atoms with Crippen LogP contribution in [0.15, 0.2) is 77.6 Å². The van der Waals surface area contributed by atoms with Gasteiger partial charge in [-0.2, -0.15) is 20.1 Å². The molecule has 160 valence electrons. The molecule has 2 aromatic heterocycles. The summed E-state index contributed by atoms with van der Waals surface area (Å²) in [6.45, 7) is -0.00613. The molecule has 0 aliphatic heterocycles. The van der Waals surface area contributed by atoms with E-state index in [0.29, 0.717) is 0 Å². The van der Waals surface area contributed by atoms with Crippen molar-refractivity contribution in [3.63, 3.8) is 0 Å². The Morgan fingerprint density at radius 3 is 2.41 bits per heavy atom. The zero-order valence-electron chi connectivity index (χ0n) is 16.9. The van der Waals surface area contributed by atoms with Gasteiger partial charge in [0.05, 0.1) is 6.54 Å². The zero-order chi connectivity index (χ0) is 22.3. The molecule has 3 N–H and O–H groups in total. The number of nitrogens with zero attached hydrogens (tertiary/aromatic N) is 5. The van der Waals surface area contributed by atoms with E-state index in [1.807, 2.05) is 60.7 Å². The van der Waals surface area contributed by atoms with Crippen molar-refractivity contribution < 1.29 is 9.53 Å². The highest BCUT2D eigenvalue weighted by molar-refractivity contribution is 5.86. The molecule has 2 aromatic carbocycles. The minimum Gasteiger partial charge on any atom is -0.453 e. The topological polar surface area (TPSA) is 138 Å². The molecule has 0 bridgehead atoms. The number of nitrogen functional groups attached to an aromatic ring is 1. The van der Waals surface area contributed by atoms with Crippen molar-refractivity contribution in [1.29, 1.82) is 0 Å². The molecule has 0 aliphatic carbocycles. The number of hydrogen-bond acceptors (Lipinski definition) is 9. The van der Waals surface area contributed by atoms with E-state index in [9.17, 15) is 9.59 Å². The van der Waals surface area contributed by atoms with E-state index in [-0.39, 0.29) is 42.1 Å². The summed E-state index contributed by atoms with van der Waals surface area (Å²) in [7, 11) is 0. The number of nitrogens with two attached hydrogens (primary N) is 1. The minimum absolute atomic E-state index is 0.00908. The lowest BCUT2D eigenvalue weighted by Gasteiger charge is -2.09. The fourth-order valence-corrected chi connectivity index (χ4v) is 2.84. The Balaban J connectivity index is 1.44. The van der Waals surface area contributed by atoms with Crippen LogP contribution in [0.1, 0.15) is 21.9 Å². The summed E-state index contributed by atoms with van der Waals surface area (Å²) in [5.74, 6) is -0.339. The van der Waals surface area contributed by atoms with Crippen LogP contribution in [-0.4, -0.2) is 30.7 Å². The SMILES string of the molecule is Nc1nc(COC(=O)c2ccc(=O)n(Cc3ccccc3)n2)nc(Nc2ccccc2)n1. The minimum atomic E-state index is -0.719. The van der Waals surface area contributed by atoms with Crippen LogP contribution >= 0.6 is 0 Å². The van der Waals surface area contributed by atoms with Crippen LogP contribution in [0, 0.1) is 0 Å². The highest BCUT2D eigenvalue weighted by Gasteiger charge is 2.14. The van der Waals surface area contributed by atoms with Crippen molar-refractivity contribution in [3.05, 3.63) is 100 Å². The second-order valence-electron chi connectivity index (χ2n) is 6.70. The Labute approximate surface area is 182 Å². The number of nitrogens with one attached hydrogen (secondary N) is 1. The van der Waals surface area contributed by atoms with E-state index in [1.54, 1.807) is 0 Å². The van der Waals surface area contributed by atoms with Gasteiger partial charge >= 0.3 is 5.97 Å². The first-order valence-electron chi connectivity index (χ1n) is 9.68. The summed E-state index contributed by atoms with van der Waals surface area (Å²) in [6, 6.07) is 21.2. The molecular weight excluding hydrogens is 410 g/mol. The largest absolute Gasteiger partial charge is 0.453 e. The van der Waals surface area contributed by atoms with Crippen molar-refractivity contribution in [2.24, 2.45) is 0 Å². The summed E-state index contributed by atoms with van der Waals surface area (Å²) in [5.41, 5.74) is 7.06. The van der Waals surface area contributed by atoms with Crippen molar-refractivity contribution in [3.8, 4) is 0 Å². The van der Waals surface area contributed by atoms with Gasteiger partial charge in [-0.1, -0.05) is 48.5 Å². The molecular formula is C22H19N7O3. The highest BCUT2D eigenvalue weighted by atomic mass is 16.5. The molecule has 4 aromatic rings. The molecule has 2 heterocycles. The van der Waals surface area contributed by atoms with Gasteiger partial charge in [-0.05, 0) is 23.8 Å². The van der Waals surface area contributed by atoms with E-state index < -0.39 is 5.97 Å². The quantitative estimate of drug-likeness (QED) is 0.423. The first-order valence-corrected chi connectivity index (χ1v) is 9.68. The Morgan fingerprint density at radius 1 is 0.938 bits per heavy atom. The summed E-state index contributed by atoms with van der Waals surface area (Å²) in [6.07, 6.45) is 0. The number of benzene rings is 2. The van der Waals surface area contributed by atoms with Gasteiger partial charge in [0.15, 0.2) is 18.1 Å². The van der Waals surface area contributed by atoms with Crippen LogP contribution in [0.25, 0.3) is 0 Å². The molecule has 0 saturated heterocycles. The lowest BCUT2D eigenvalue weighted by Crippen LogP contribution is -2.25. The van der Waals surface area contributed by atoms with Gasteiger partial charge in [-0.25, -0.2) is 9.48 Å². The first kappa shape index (κ1) is 20.7. The van der Waals surface area contributed by atoms with Crippen molar-refractivity contribution >= 4 is 23.6 Å². The highest BCUT2D eigenvalue weighted by Crippen LogP contribution is 2.13. The third-order valence-corrected chi connectivity index (χ3v) is 4.31. The van der Waals surface area contributed by atoms with Gasteiger partial charge in [0.2, 0.25) is 11.9 Å². The predicted octanol–water partition coefficient (Wildman–Crippen LogP) is 2.16. The Bertz CT molecular complexity index is 1280. The number of esters is 1. The lowest BCUT2D eigenvalue weighted by atomic mass is 10.2. The molecule has 10 nitrogen and oxygen atoms in total. The third-order valence-electron chi connectivity index (χ3n) is 4.31. The second-order valence-corrected chi connectivity index (χ2v) is 6.70. The Morgan fingerprint density at radius 2 is 1.66 bits per heavy atom. The molecule has 0 saturated carbocycles. The molecule has 0 aliphatic rings. The number of ether oxygens (including phenoxy) is 1. The average Bonchev–Trinajstić information content (AvgIpc) is 2.80. The molecule has 32 heavy (non-hydrogen) atoms. The van der Waals surface area contributed by atoms with Crippen LogP contribution in [-0.2, 0) is 17.9 Å². The summed E-state index contributed by atoms with van der Waals surface area (Å²) >= 11 is 0. The average molecular weight is 429 g/mol. The van der Waals surface area contributed by atoms with Crippen LogP contribution in [0.2, 0.25) is 0 Å². The van der Waals surface area contributed by atoms with E-state index in [0.717, 1.165) is 11.3 Å². The molecule has 10 heteroatoms. The molecule has 0 fully saturated rings. The standard InChI is InChI=1S/C22H19N7O3/c23-21-25-18(26-22(27-21)24-16-9-5-2-6-10-16)14-32-20(31)17-11-12-19(30)29(28-17)13-15-7-3-1-4-8-15/h1-12H,13-14H2,(H3,23,24,25,26,27). The number of aromatic nitrogens is 5.